The Balaban J connectivity index is 3.32. The van der Waals surface area contributed by atoms with Crippen LogP contribution in [0.3, 0.4) is 0 Å². The van der Waals surface area contributed by atoms with Gasteiger partial charge in [-0.05, 0) is 0 Å². The molecule has 1 rings (SSSR count). The van der Waals surface area contributed by atoms with E-state index in [0.717, 1.165) is 5.56 Å². The van der Waals surface area contributed by atoms with Crippen molar-refractivity contribution >= 4 is 7.94 Å². The Bertz CT molecular complexity index is 468. The zero-order valence-electron chi connectivity index (χ0n) is 13.7. The van der Waals surface area contributed by atoms with Crippen LogP contribution >= 0.6 is 7.94 Å². The molecule has 0 fully saturated rings. The van der Waals surface area contributed by atoms with Gasteiger partial charge in [0.05, 0.1) is 0 Å². The Morgan fingerprint density at radius 2 is 1.55 bits per heavy atom. The fraction of sp³-hybridized carbons (Fsp3) is 0.625. The average molecular weight is 300 g/mol. The molecule has 0 aliphatic rings. The molecule has 1 aromatic rings. The Hall–Kier alpha value is -0.630. The third-order valence-electron chi connectivity index (χ3n) is 3.39. The van der Waals surface area contributed by atoms with Gasteiger partial charge in [-0.1, -0.05) is 0 Å². The molecule has 0 aromatic heterocycles. The summed E-state index contributed by atoms with van der Waals surface area (Å²) >= 11 is 0. The van der Waals surface area contributed by atoms with Crippen molar-refractivity contribution in [1.82, 2.24) is 0 Å². The van der Waals surface area contributed by atoms with Gasteiger partial charge in [0.25, 0.3) is 0 Å². The molecule has 116 valence electrons. The third-order valence-corrected chi connectivity index (χ3v) is 4.86. The van der Waals surface area contributed by atoms with E-state index in [1.54, 1.807) is 6.92 Å². The Labute approximate surface area is 123 Å². The molecule has 0 aliphatic carbocycles. The van der Waals surface area contributed by atoms with Gasteiger partial charge in [0.1, 0.15) is 0 Å². The van der Waals surface area contributed by atoms with E-state index in [1.807, 2.05) is 12.1 Å². The standard InChI is InChI=1S/C16H29O3P/c1-8-20(17,18)19-14-10-9-12(15(2,3)4)11-13(14)16(5,6)7/h9-11,17-18,20H,8H2,1-7H3. The van der Waals surface area contributed by atoms with Crippen LogP contribution in [0.4, 0.5) is 0 Å². The summed E-state index contributed by atoms with van der Waals surface area (Å²) in [6, 6.07) is 5.99. The van der Waals surface area contributed by atoms with Gasteiger partial charge in [-0.2, -0.15) is 0 Å². The van der Waals surface area contributed by atoms with Gasteiger partial charge in [0, 0.05) is 0 Å². The van der Waals surface area contributed by atoms with Crippen LogP contribution in [0.15, 0.2) is 18.2 Å². The van der Waals surface area contributed by atoms with Gasteiger partial charge in [-0.15, -0.1) is 0 Å². The van der Waals surface area contributed by atoms with Crippen LogP contribution in [0.1, 0.15) is 59.6 Å². The van der Waals surface area contributed by atoms with E-state index < -0.39 is 7.94 Å². The van der Waals surface area contributed by atoms with Gasteiger partial charge >= 0.3 is 123 Å². The molecule has 1 aromatic carbocycles. The van der Waals surface area contributed by atoms with Crippen LogP contribution in [0, 0.1) is 0 Å². The number of hydrogen-bond acceptors (Lipinski definition) is 3. The fourth-order valence-corrected chi connectivity index (χ4v) is 2.59. The normalized spacial score (nSPS) is 14.2. The molecule has 0 heterocycles. The van der Waals surface area contributed by atoms with Crippen molar-refractivity contribution < 1.29 is 14.3 Å². The molecule has 3 nitrogen and oxygen atoms in total. The summed E-state index contributed by atoms with van der Waals surface area (Å²) in [6.07, 6.45) is 0.248. The molecule has 2 N–H and O–H groups in total. The molecule has 0 unspecified atom stereocenters. The van der Waals surface area contributed by atoms with Gasteiger partial charge in [0.2, 0.25) is 0 Å². The Kier molecular flexibility index (Phi) is 4.91. The molecule has 0 spiro atoms. The minimum atomic E-state index is -3.59. The zero-order chi connectivity index (χ0) is 15.8. The first-order chi connectivity index (χ1) is 8.87. The van der Waals surface area contributed by atoms with Crippen molar-refractivity contribution in [2.45, 2.75) is 59.3 Å². The van der Waals surface area contributed by atoms with E-state index >= 15 is 0 Å². The van der Waals surface area contributed by atoms with Crippen LogP contribution in [-0.2, 0) is 10.8 Å². The number of hydrogen-bond donors (Lipinski definition) is 2. The molecule has 20 heavy (non-hydrogen) atoms. The molecule has 4 heteroatoms. The summed E-state index contributed by atoms with van der Waals surface area (Å²) in [4.78, 5) is 19.7. The second-order valence-electron chi connectivity index (χ2n) is 7.41. The van der Waals surface area contributed by atoms with Gasteiger partial charge < -0.3 is 0 Å². The first-order valence-corrected chi connectivity index (χ1v) is 9.16. The van der Waals surface area contributed by atoms with E-state index in [0.29, 0.717) is 5.75 Å². The fourth-order valence-electron chi connectivity index (χ4n) is 1.92. The zero-order valence-corrected chi connectivity index (χ0v) is 14.7. The Morgan fingerprint density at radius 3 is 1.95 bits per heavy atom. The molecule has 0 amide bonds. The SMILES string of the molecule is CC[PH](O)(O)Oc1ccc(C(C)(C)C)cc1C(C)(C)C. The third kappa shape index (κ3) is 4.44. The molecule has 0 aliphatic heterocycles. The maximum absolute atomic E-state index is 9.87. The molecule has 0 saturated carbocycles. The first-order valence-electron chi connectivity index (χ1n) is 7.15. The predicted octanol–water partition coefficient (Wildman–Crippen LogP) is 4.16. The summed E-state index contributed by atoms with van der Waals surface area (Å²) in [6.45, 7) is 14.5. The topological polar surface area (TPSA) is 49.7 Å². The first kappa shape index (κ1) is 17.4. The van der Waals surface area contributed by atoms with Crippen LogP contribution in [-0.4, -0.2) is 15.9 Å². The van der Waals surface area contributed by atoms with Gasteiger partial charge in [0.15, 0.2) is 0 Å². The molecule has 0 radical (unpaired) electrons. The predicted molar refractivity (Wildman–Crippen MR) is 87.8 cm³/mol. The quantitative estimate of drug-likeness (QED) is 0.824. The van der Waals surface area contributed by atoms with Crippen molar-refractivity contribution in [3.05, 3.63) is 29.3 Å². The molecule has 0 atom stereocenters. The van der Waals surface area contributed by atoms with Crippen molar-refractivity contribution in [2.75, 3.05) is 6.16 Å². The van der Waals surface area contributed by atoms with E-state index in [9.17, 15) is 9.79 Å². The van der Waals surface area contributed by atoms with Crippen LogP contribution in [0.2, 0.25) is 0 Å². The Morgan fingerprint density at radius 1 is 1.00 bits per heavy atom. The monoisotopic (exact) mass is 300 g/mol. The van der Waals surface area contributed by atoms with Crippen molar-refractivity contribution in [1.29, 1.82) is 0 Å². The van der Waals surface area contributed by atoms with E-state index in [2.05, 4.69) is 47.6 Å². The molecular weight excluding hydrogens is 271 g/mol. The molecule has 0 bridgehead atoms. The summed E-state index contributed by atoms with van der Waals surface area (Å²) in [7, 11) is -3.59. The van der Waals surface area contributed by atoms with Crippen molar-refractivity contribution in [3.63, 3.8) is 0 Å². The van der Waals surface area contributed by atoms with Crippen molar-refractivity contribution in [3.8, 4) is 5.75 Å². The second-order valence-corrected chi connectivity index (χ2v) is 9.81. The van der Waals surface area contributed by atoms with Crippen LogP contribution in [0.25, 0.3) is 0 Å². The molecular formula is C16H29O3P. The van der Waals surface area contributed by atoms with E-state index in [4.69, 9.17) is 4.52 Å². The summed E-state index contributed by atoms with van der Waals surface area (Å²) in [5, 5.41) is 0. The van der Waals surface area contributed by atoms with Crippen LogP contribution < -0.4 is 4.52 Å². The second kappa shape index (κ2) is 5.63. The molecule has 0 saturated heterocycles. The summed E-state index contributed by atoms with van der Waals surface area (Å²) in [5.41, 5.74) is 2.16. The summed E-state index contributed by atoms with van der Waals surface area (Å²) in [5.74, 6) is 0.587. The van der Waals surface area contributed by atoms with E-state index in [-0.39, 0.29) is 17.0 Å². The average Bonchev–Trinajstić information content (AvgIpc) is 2.26. The van der Waals surface area contributed by atoms with Crippen LogP contribution in [0.5, 0.6) is 5.75 Å². The minimum absolute atomic E-state index is 0.0518. The summed E-state index contributed by atoms with van der Waals surface area (Å²) < 4.78 is 5.53. The number of rotatable bonds is 3. The van der Waals surface area contributed by atoms with Crippen molar-refractivity contribution in [2.24, 2.45) is 0 Å². The van der Waals surface area contributed by atoms with Gasteiger partial charge in [-0.25, -0.2) is 0 Å². The maximum atomic E-state index is 9.87. The van der Waals surface area contributed by atoms with Gasteiger partial charge in [-0.3, -0.25) is 0 Å². The number of benzene rings is 1. The van der Waals surface area contributed by atoms with E-state index in [1.165, 1.54) is 5.56 Å².